The lowest BCUT2D eigenvalue weighted by molar-refractivity contribution is 0.102. The van der Waals surface area contributed by atoms with Crippen molar-refractivity contribution in [2.24, 2.45) is 0 Å². The molecule has 1 unspecified atom stereocenters. The molecule has 1 atom stereocenters. The number of rotatable bonds is 3. The average Bonchev–Trinajstić information content (AvgIpc) is 3.04. The van der Waals surface area contributed by atoms with Gasteiger partial charge in [0.1, 0.15) is 0 Å². The molecule has 0 saturated carbocycles. The molecule has 1 aliphatic heterocycles. The van der Waals surface area contributed by atoms with E-state index in [1.54, 1.807) is 35.9 Å². The molecule has 1 N–H and O–H groups in total. The number of halogens is 1. The van der Waals surface area contributed by atoms with Gasteiger partial charge in [-0.1, -0.05) is 23.7 Å². The molecular formula is C15H16ClN3O3S. The van der Waals surface area contributed by atoms with Crippen LogP contribution in [0, 0.1) is 6.92 Å². The Morgan fingerprint density at radius 2 is 2.13 bits per heavy atom. The minimum absolute atomic E-state index is 0.0705. The number of hydrogen-bond acceptors (Lipinski definition) is 4. The van der Waals surface area contributed by atoms with Gasteiger partial charge in [0.2, 0.25) is 0 Å². The molecule has 1 fully saturated rings. The number of carbonyl (C=O) groups is 1. The van der Waals surface area contributed by atoms with E-state index in [0.29, 0.717) is 28.4 Å². The largest absolute Gasteiger partial charge is 0.321 e. The Hall–Kier alpha value is -1.86. The van der Waals surface area contributed by atoms with Crippen LogP contribution in [0.25, 0.3) is 0 Å². The van der Waals surface area contributed by atoms with Crippen molar-refractivity contribution in [3.8, 4) is 0 Å². The van der Waals surface area contributed by atoms with Gasteiger partial charge in [0.05, 0.1) is 40.0 Å². The fourth-order valence-electron chi connectivity index (χ4n) is 2.73. The van der Waals surface area contributed by atoms with Gasteiger partial charge in [-0.2, -0.15) is 5.10 Å². The lowest BCUT2D eigenvalue weighted by atomic mass is 10.2. The first kappa shape index (κ1) is 16.0. The lowest BCUT2D eigenvalue weighted by Crippen LogP contribution is -2.16. The number of nitrogens with zero attached hydrogens (tertiary/aromatic N) is 2. The highest BCUT2D eigenvalue weighted by Gasteiger charge is 2.31. The van der Waals surface area contributed by atoms with Crippen LogP contribution in [-0.2, 0) is 9.84 Å². The van der Waals surface area contributed by atoms with Crippen molar-refractivity contribution < 1.29 is 13.2 Å². The molecule has 3 rings (SSSR count). The third-order valence-corrected chi connectivity index (χ3v) is 6.05. The number of nitrogens with one attached hydrogen (secondary N) is 1. The molecule has 8 heteroatoms. The molecule has 2 heterocycles. The summed E-state index contributed by atoms with van der Waals surface area (Å²) in [5, 5.41) is 7.40. The molecule has 0 bridgehead atoms. The molecule has 1 aliphatic rings. The second-order valence-corrected chi connectivity index (χ2v) is 8.21. The van der Waals surface area contributed by atoms with Crippen LogP contribution in [0.1, 0.15) is 28.5 Å². The lowest BCUT2D eigenvalue weighted by Gasteiger charge is -2.12. The zero-order valence-electron chi connectivity index (χ0n) is 12.5. The predicted molar refractivity (Wildman–Crippen MR) is 88.7 cm³/mol. The summed E-state index contributed by atoms with van der Waals surface area (Å²) >= 11 is 6.03. The smallest absolute Gasteiger partial charge is 0.259 e. The maximum atomic E-state index is 12.4. The van der Waals surface area contributed by atoms with Crippen LogP contribution in [-0.4, -0.2) is 35.6 Å². The number of amides is 1. The second-order valence-electron chi connectivity index (χ2n) is 5.58. The van der Waals surface area contributed by atoms with Crippen molar-refractivity contribution in [2.75, 3.05) is 16.8 Å². The highest BCUT2D eigenvalue weighted by atomic mass is 35.5. The minimum Gasteiger partial charge on any atom is -0.321 e. The number of carbonyl (C=O) groups excluding carboxylic acids is 1. The Kier molecular flexibility index (Phi) is 4.16. The molecule has 6 nitrogen and oxygen atoms in total. The standard InChI is InChI=1S/C15H16ClN3O3S/c1-10-12(15(20)18-14-5-3-2-4-13(14)16)8-17-19(10)11-6-7-23(21,22)9-11/h2-5,8,11H,6-7,9H2,1H3,(H,18,20). The third-order valence-electron chi connectivity index (χ3n) is 3.97. The van der Waals surface area contributed by atoms with Crippen LogP contribution in [0.5, 0.6) is 0 Å². The van der Waals surface area contributed by atoms with E-state index in [2.05, 4.69) is 10.4 Å². The van der Waals surface area contributed by atoms with Crippen LogP contribution >= 0.6 is 11.6 Å². The van der Waals surface area contributed by atoms with Gasteiger partial charge in [0.15, 0.2) is 9.84 Å². The first-order valence-corrected chi connectivity index (χ1v) is 9.38. The van der Waals surface area contributed by atoms with E-state index in [9.17, 15) is 13.2 Å². The first-order chi connectivity index (χ1) is 10.9. The number of aromatic nitrogens is 2. The Balaban J connectivity index is 1.82. The van der Waals surface area contributed by atoms with Crippen molar-refractivity contribution in [3.63, 3.8) is 0 Å². The van der Waals surface area contributed by atoms with Gasteiger partial charge in [-0.05, 0) is 25.5 Å². The van der Waals surface area contributed by atoms with Crippen molar-refractivity contribution >= 4 is 33.0 Å². The zero-order chi connectivity index (χ0) is 16.6. The molecular weight excluding hydrogens is 338 g/mol. The van der Waals surface area contributed by atoms with E-state index < -0.39 is 9.84 Å². The summed E-state index contributed by atoms with van der Waals surface area (Å²) in [6.07, 6.45) is 1.99. The Bertz CT molecular complexity index is 861. The number of para-hydroxylation sites is 1. The van der Waals surface area contributed by atoms with Crippen LogP contribution in [0.3, 0.4) is 0 Å². The van der Waals surface area contributed by atoms with Gasteiger partial charge in [-0.15, -0.1) is 0 Å². The summed E-state index contributed by atoms with van der Waals surface area (Å²) in [7, 11) is -3.00. The maximum Gasteiger partial charge on any atom is 0.259 e. The number of anilines is 1. The maximum absolute atomic E-state index is 12.4. The fourth-order valence-corrected chi connectivity index (χ4v) is 4.61. The van der Waals surface area contributed by atoms with Gasteiger partial charge < -0.3 is 5.32 Å². The van der Waals surface area contributed by atoms with Crippen molar-refractivity contribution in [3.05, 3.63) is 46.7 Å². The van der Waals surface area contributed by atoms with E-state index in [0.717, 1.165) is 0 Å². The monoisotopic (exact) mass is 353 g/mol. The summed E-state index contributed by atoms with van der Waals surface area (Å²) in [4.78, 5) is 12.4. The van der Waals surface area contributed by atoms with Gasteiger partial charge in [-0.25, -0.2) is 8.42 Å². The summed E-state index contributed by atoms with van der Waals surface area (Å²) in [5.41, 5.74) is 1.58. The normalized spacial score (nSPS) is 19.7. The number of benzene rings is 1. The molecule has 1 amide bonds. The molecule has 1 aromatic carbocycles. The van der Waals surface area contributed by atoms with E-state index in [4.69, 9.17) is 11.6 Å². The van der Waals surface area contributed by atoms with Crippen molar-refractivity contribution in [1.82, 2.24) is 9.78 Å². The van der Waals surface area contributed by atoms with Crippen LogP contribution in [0.2, 0.25) is 5.02 Å². The Labute approximate surface area is 139 Å². The predicted octanol–water partition coefficient (Wildman–Crippen LogP) is 2.46. The molecule has 23 heavy (non-hydrogen) atoms. The molecule has 0 radical (unpaired) electrons. The fraction of sp³-hybridized carbons (Fsp3) is 0.333. The van der Waals surface area contributed by atoms with Crippen LogP contribution in [0.15, 0.2) is 30.5 Å². The number of hydrogen-bond donors (Lipinski definition) is 1. The quantitative estimate of drug-likeness (QED) is 0.919. The Morgan fingerprint density at radius 3 is 2.78 bits per heavy atom. The van der Waals surface area contributed by atoms with Crippen LogP contribution in [0.4, 0.5) is 5.69 Å². The molecule has 2 aromatic rings. The minimum atomic E-state index is -3.00. The van der Waals surface area contributed by atoms with Gasteiger partial charge in [0.25, 0.3) is 5.91 Å². The molecule has 0 aliphatic carbocycles. The summed E-state index contributed by atoms with van der Waals surface area (Å²) < 4.78 is 24.9. The van der Waals surface area contributed by atoms with Gasteiger partial charge in [-0.3, -0.25) is 9.48 Å². The summed E-state index contributed by atoms with van der Waals surface area (Å²) in [6.45, 7) is 1.76. The third kappa shape index (κ3) is 3.25. The second kappa shape index (κ2) is 5.98. The van der Waals surface area contributed by atoms with Gasteiger partial charge in [0, 0.05) is 5.69 Å². The summed E-state index contributed by atoms with van der Waals surface area (Å²) in [6, 6.07) is 6.76. The number of sulfone groups is 1. The SMILES string of the molecule is Cc1c(C(=O)Nc2ccccc2Cl)cnn1C1CCS(=O)(=O)C1. The van der Waals surface area contributed by atoms with Crippen LogP contribution < -0.4 is 5.32 Å². The van der Waals surface area contributed by atoms with E-state index in [-0.39, 0.29) is 23.5 Å². The van der Waals surface area contributed by atoms with Gasteiger partial charge >= 0.3 is 0 Å². The van der Waals surface area contributed by atoms with Crippen molar-refractivity contribution in [1.29, 1.82) is 0 Å². The first-order valence-electron chi connectivity index (χ1n) is 7.18. The molecule has 1 aromatic heterocycles. The summed E-state index contributed by atoms with van der Waals surface area (Å²) in [5.74, 6) is -0.0816. The topological polar surface area (TPSA) is 81.1 Å². The molecule has 0 spiro atoms. The highest BCUT2D eigenvalue weighted by molar-refractivity contribution is 7.91. The zero-order valence-corrected chi connectivity index (χ0v) is 14.1. The average molecular weight is 354 g/mol. The molecule has 1 saturated heterocycles. The van der Waals surface area contributed by atoms with E-state index >= 15 is 0 Å². The van der Waals surface area contributed by atoms with E-state index in [1.807, 2.05) is 0 Å². The van der Waals surface area contributed by atoms with Crippen molar-refractivity contribution in [2.45, 2.75) is 19.4 Å². The highest BCUT2D eigenvalue weighted by Crippen LogP contribution is 2.26. The Morgan fingerprint density at radius 1 is 1.39 bits per heavy atom. The van der Waals surface area contributed by atoms with E-state index in [1.165, 1.54) is 6.20 Å². The molecule has 122 valence electrons.